The van der Waals surface area contributed by atoms with Gasteiger partial charge >= 0.3 is 6.09 Å². The van der Waals surface area contributed by atoms with Crippen LogP contribution in [-0.4, -0.2) is 81.5 Å². The van der Waals surface area contributed by atoms with Crippen molar-refractivity contribution < 1.29 is 27.9 Å². The number of hydrogen-bond acceptors (Lipinski definition) is 6. The molecule has 9 nitrogen and oxygen atoms in total. The van der Waals surface area contributed by atoms with Crippen LogP contribution in [0.1, 0.15) is 58.6 Å². The van der Waals surface area contributed by atoms with E-state index in [-0.39, 0.29) is 30.4 Å². The van der Waals surface area contributed by atoms with Gasteiger partial charge in [-0.05, 0) is 70.6 Å². The van der Waals surface area contributed by atoms with Crippen LogP contribution < -0.4 is 5.32 Å². The van der Waals surface area contributed by atoms with Crippen molar-refractivity contribution in [1.82, 2.24) is 20.0 Å². The molecule has 0 radical (unpaired) electrons. The third-order valence-corrected chi connectivity index (χ3v) is 8.01. The van der Waals surface area contributed by atoms with Gasteiger partial charge in [0, 0.05) is 31.2 Å². The number of ether oxygens (including phenoxy) is 1. The standard InChI is InChI=1S/C27H33F2N5O4/c1-14(15-5-17(28)9-18(29)6-15)33-20-10-23(25(33)36)32(12-20)13-21(31-26(37)38-27(2,3)4)24(35)34-19(11-30)7-16-8-22(16)34/h5-6,9,14,16,19-23H,7-8,10,12-13H2,1-4H3,(H,31,37)/t14-,16+,19-,20?,21-,22-,23+/m0/s1. The number of nitriles is 1. The molecule has 3 amide bonds. The Morgan fingerprint density at radius 3 is 2.47 bits per heavy atom. The molecule has 1 N–H and O–H groups in total. The van der Waals surface area contributed by atoms with Crippen LogP contribution in [0.2, 0.25) is 0 Å². The normalized spacial score (nSPS) is 29.6. The fourth-order valence-corrected chi connectivity index (χ4v) is 6.31. The highest BCUT2D eigenvalue weighted by molar-refractivity contribution is 5.89. The van der Waals surface area contributed by atoms with Gasteiger partial charge in [-0.1, -0.05) is 0 Å². The largest absolute Gasteiger partial charge is 0.444 e. The van der Waals surface area contributed by atoms with Crippen LogP contribution in [0.3, 0.4) is 0 Å². The molecule has 0 spiro atoms. The second-order valence-electron chi connectivity index (χ2n) is 11.9. The second kappa shape index (κ2) is 9.49. The number of likely N-dealkylation sites (tertiary alicyclic amines) is 3. The number of nitrogens with one attached hydrogen (secondary N) is 1. The zero-order valence-corrected chi connectivity index (χ0v) is 22.0. The molecule has 204 valence electrons. The first-order chi connectivity index (χ1) is 17.9. The lowest BCUT2D eigenvalue weighted by molar-refractivity contribution is -0.141. The number of rotatable bonds is 6. The summed E-state index contributed by atoms with van der Waals surface area (Å²) in [6.45, 7) is 7.46. The first-order valence-corrected chi connectivity index (χ1v) is 13.1. The topological polar surface area (TPSA) is 106 Å². The third-order valence-electron chi connectivity index (χ3n) is 8.01. The molecule has 38 heavy (non-hydrogen) atoms. The van der Waals surface area contributed by atoms with Crippen LogP contribution in [0.25, 0.3) is 0 Å². The van der Waals surface area contributed by atoms with E-state index in [1.165, 1.54) is 12.1 Å². The van der Waals surface area contributed by atoms with Crippen LogP contribution >= 0.6 is 0 Å². The van der Waals surface area contributed by atoms with E-state index in [9.17, 15) is 28.4 Å². The summed E-state index contributed by atoms with van der Waals surface area (Å²) in [5, 5.41) is 12.3. The Kier molecular flexibility index (Phi) is 6.58. The van der Waals surface area contributed by atoms with Crippen LogP contribution in [0.4, 0.5) is 13.6 Å². The molecule has 3 aliphatic heterocycles. The molecule has 0 aromatic heterocycles. The zero-order chi connectivity index (χ0) is 27.5. The smallest absolute Gasteiger partial charge is 0.408 e. The molecule has 1 aromatic rings. The van der Waals surface area contributed by atoms with Crippen molar-refractivity contribution in [3.8, 4) is 6.07 Å². The molecule has 1 unspecified atom stereocenters. The minimum atomic E-state index is -0.990. The van der Waals surface area contributed by atoms with Crippen molar-refractivity contribution >= 4 is 17.9 Å². The maximum absolute atomic E-state index is 13.8. The average molecular weight is 530 g/mol. The molecule has 3 heterocycles. The summed E-state index contributed by atoms with van der Waals surface area (Å²) in [4.78, 5) is 44.8. The molecular formula is C27H33F2N5O4. The molecule has 7 atom stereocenters. The van der Waals surface area contributed by atoms with Crippen molar-refractivity contribution in [2.75, 3.05) is 13.1 Å². The highest BCUT2D eigenvalue weighted by Crippen LogP contribution is 2.48. The van der Waals surface area contributed by atoms with Gasteiger partial charge in [0.05, 0.1) is 18.2 Å². The van der Waals surface area contributed by atoms with E-state index >= 15 is 0 Å². The molecule has 4 fully saturated rings. The van der Waals surface area contributed by atoms with Crippen molar-refractivity contribution in [3.63, 3.8) is 0 Å². The fourth-order valence-electron chi connectivity index (χ4n) is 6.31. The van der Waals surface area contributed by atoms with Gasteiger partial charge in [0.15, 0.2) is 0 Å². The number of piperidine rings is 1. The van der Waals surface area contributed by atoms with Gasteiger partial charge in [0.1, 0.15) is 29.3 Å². The number of alkyl carbamates (subject to hydrolysis) is 1. The van der Waals surface area contributed by atoms with Gasteiger partial charge in [-0.2, -0.15) is 5.26 Å². The Morgan fingerprint density at radius 2 is 1.87 bits per heavy atom. The van der Waals surface area contributed by atoms with Crippen LogP contribution in [-0.2, 0) is 14.3 Å². The maximum atomic E-state index is 13.8. The molecule has 2 bridgehead atoms. The van der Waals surface area contributed by atoms with Crippen molar-refractivity contribution in [3.05, 3.63) is 35.4 Å². The summed E-state index contributed by atoms with van der Waals surface area (Å²) in [5.74, 6) is -1.60. The third kappa shape index (κ3) is 4.94. The van der Waals surface area contributed by atoms with Crippen LogP contribution in [0.5, 0.6) is 0 Å². The molecule has 1 saturated carbocycles. The summed E-state index contributed by atoms with van der Waals surface area (Å²) < 4.78 is 33.0. The van der Waals surface area contributed by atoms with E-state index in [1.54, 1.807) is 37.5 Å². The quantitative estimate of drug-likeness (QED) is 0.608. The molecule has 5 rings (SSSR count). The monoisotopic (exact) mass is 529 g/mol. The summed E-state index contributed by atoms with van der Waals surface area (Å²) in [5.41, 5.74) is -0.386. The van der Waals surface area contributed by atoms with E-state index < -0.39 is 47.5 Å². The van der Waals surface area contributed by atoms with E-state index in [1.807, 2.05) is 4.90 Å². The number of carbonyl (C=O) groups is 3. The van der Waals surface area contributed by atoms with Gasteiger partial charge in [-0.25, -0.2) is 13.6 Å². The Hall–Kier alpha value is -3.26. The van der Waals surface area contributed by atoms with Crippen molar-refractivity contribution in [2.24, 2.45) is 5.92 Å². The average Bonchev–Trinajstić information content (AvgIpc) is 3.14. The molecule has 3 saturated heterocycles. The number of amides is 3. The molecule has 11 heteroatoms. The lowest BCUT2D eigenvalue weighted by atomic mass is 10.0. The molecule has 1 aromatic carbocycles. The SMILES string of the molecule is C[C@@H](c1cc(F)cc(F)c1)N1C(=O)[C@H]2CC1CN2C[C@H](NC(=O)OC(C)(C)C)C(=O)N1[C@H](C#N)C[C@@H]2C[C@@H]21. The predicted octanol–water partition coefficient (Wildman–Crippen LogP) is 2.72. The highest BCUT2D eigenvalue weighted by atomic mass is 19.1. The van der Waals surface area contributed by atoms with Gasteiger partial charge in [0.25, 0.3) is 0 Å². The molecule has 4 aliphatic rings. The summed E-state index contributed by atoms with van der Waals surface area (Å²) >= 11 is 0. The van der Waals surface area contributed by atoms with E-state index in [2.05, 4.69) is 11.4 Å². The Balaban J connectivity index is 1.31. The number of nitrogens with zero attached hydrogens (tertiary/aromatic N) is 4. The molecular weight excluding hydrogens is 496 g/mol. The first kappa shape index (κ1) is 26.4. The van der Waals surface area contributed by atoms with E-state index in [0.29, 0.717) is 30.9 Å². The van der Waals surface area contributed by atoms with Gasteiger partial charge in [-0.15, -0.1) is 0 Å². The number of benzene rings is 1. The lowest BCUT2D eigenvalue weighted by Gasteiger charge is -2.39. The first-order valence-electron chi connectivity index (χ1n) is 13.1. The Morgan fingerprint density at radius 1 is 1.18 bits per heavy atom. The Labute approximate surface area is 220 Å². The fraction of sp³-hybridized carbons (Fsp3) is 0.630. The highest BCUT2D eigenvalue weighted by Gasteiger charge is 2.56. The number of piperazine rings is 1. The Bertz CT molecular complexity index is 1180. The van der Waals surface area contributed by atoms with Gasteiger partial charge in [0.2, 0.25) is 11.8 Å². The maximum Gasteiger partial charge on any atom is 0.408 e. The second-order valence-corrected chi connectivity index (χ2v) is 11.9. The zero-order valence-electron chi connectivity index (χ0n) is 22.0. The number of carbonyl (C=O) groups excluding carboxylic acids is 3. The van der Waals surface area contributed by atoms with Crippen LogP contribution in [0, 0.1) is 28.9 Å². The number of fused-ring (bicyclic) bond motifs is 3. The predicted molar refractivity (Wildman–Crippen MR) is 131 cm³/mol. The minimum absolute atomic E-state index is 0.00903. The summed E-state index contributed by atoms with van der Waals surface area (Å²) in [7, 11) is 0. The van der Waals surface area contributed by atoms with Gasteiger partial charge < -0.3 is 19.9 Å². The summed E-state index contributed by atoms with van der Waals surface area (Å²) in [6.07, 6.45) is 1.26. The van der Waals surface area contributed by atoms with Crippen LogP contribution in [0.15, 0.2) is 18.2 Å². The van der Waals surface area contributed by atoms with Crippen molar-refractivity contribution in [1.29, 1.82) is 5.26 Å². The molecule has 1 aliphatic carbocycles. The number of halogens is 2. The lowest BCUT2D eigenvalue weighted by Crippen LogP contribution is -2.59. The number of hydrogen-bond donors (Lipinski definition) is 1. The van der Waals surface area contributed by atoms with Gasteiger partial charge in [-0.3, -0.25) is 14.5 Å². The minimum Gasteiger partial charge on any atom is -0.444 e. The van der Waals surface area contributed by atoms with Crippen molar-refractivity contribution in [2.45, 2.75) is 88.8 Å². The van der Waals surface area contributed by atoms with E-state index in [4.69, 9.17) is 4.74 Å². The van der Waals surface area contributed by atoms with E-state index in [0.717, 1.165) is 12.5 Å². The summed E-state index contributed by atoms with van der Waals surface area (Å²) in [6, 6.07) is 2.72.